The van der Waals surface area contributed by atoms with E-state index in [1.807, 2.05) is 6.92 Å². The highest BCUT2D eigenvalue weighted by atomic mass is 79.9. The number of hydrogen-bond acceptors (Lipinski definition) is 2. The van der Waals surface area contributed by atoms with Crippen LogP contribution in [0.5, 0.6) is 0 Å². The molecule has 0 aliphatic carbocycles. The van der Waals surface area contributed by atoms with Crippen LogP contribution in [0.25, 0.3) is 0 Å². The number of hydrogen-bond donors (Lipinski definition) is 0. The van der Waals surface area contributed by atoms with Crippen LogP contribution >= 0.6 is 15.9 Å². The zero-order chi connectivity index (χ0) is 12.4. The first-order chi connectivity index (χ1) is 8.08. The molecule has 2 rings (SSSR count). The number of rotatable bonds is 2. The van der Waals surface area contributed by atoms with Gasteiger partial charge in [-0.15, -0.1) is 0 Å². The minimum atomic E-state index is -0.304. The third-order valence-electron chi connectivity index (χ3n) is 2.51. The zero-order valence-corrected chi connectivity index (χ0v) is 10.7. The molecule has 2 aromatic rings. The van der Waals surface area contributed by atoms with Gasteiger partial charge in [0, 0.05) is 6.20 Å². The number of aryl methyl sites for hydroxylation is 1. The maximum absolute atomic E-state index is 13.1. The Morgan fingerprint density at radius 3 is 3.00 bits per heavy atom. The van der Waals surface area contributed by atoms with E-state index in [-0.39, 0.29) is 11.4 Å². The van der Waals surface area contributed by atoms with Gasteiger partial charge in [-0.1, -0.05) is 6.07 Å². The predicted octanol–water partition coefficient (Wildman–Crippen LogP) is 2.50. The van der Waals surface area contributed by atoms with Crippen molar-refractivity contribution in [2.75, 3.05) is 0 Å². The van der Waals surface area contributed by atoms with Gasteiger partial charge in [0.15, 0.2) is 0 Å². The summed E-state index contributed by atoms with van der Waals surface area (Å²) in [5.74, 6) is -0.304. The molecule has 0 amide bonds. The molecule has 0 saturated heterocycles. The van der Waals surface area contributed by atoms with Crippen molar-refractivity contribution in [1.29, 1.82) is 0 Å². The molecular formula is C12H10BrFN2O. The van der Waals surface area contributed by atoms with E-state index < -0.39 is 0 Å². The van der Waals surface area contributed by atoms with Crippen molar-refractivity contribution in [3.63, 3.8) is 0 Å². The van der Waals surface area contributed by atoms with Crippen molar-refractivity contribution in [1.82, 2.24) is 9.55 Å². The molecule has 1 aromatic heterocycles. The van der Waals surface area contributed by atoms with Crippen LogP contribution in [0.4, 0.5) is 4.39 Å². The lowest BCUT2D eigenvalue weighted by Gasteiger charge is -2.08. The lowest BCUT2D eigenvalue weighted by atomic mass is 10.1. The van der Waals surface area contributed by atoms with E-state index >= 15 is 0 Å². The lowest BCUT2D eigenvalue weighted by Crippen LogP contribution is -2.21. The lowest BCUT2D eigenvalue weighted by molar-refractivity contribution is 0.621. The summed E-state index contributed by atoms with van der Waals surface area (Å²) in [5, 5.41) is 0. The zero-order valence-electron chi connectivity index (χ0n) is 9.15. The quantitative estimate of drug-likeness (QED) is 0.853. The van der Waals surface area contributed by atoms with Crippen LogP contribution in [0, 0.1) is 12.7 Å². The van der Waals surface area contributed by atoms with E-state index in [0.29, 0.717) is 11.0 Å². The average Bonchev–Trinajstić information content (AvgIpc) is 2.30. The summed E-state index contributed by atoms with van der Waals surface area (Å²) in [6.07, 6.45) is 2.88. The van der Waals surface area contributed by atoms with Crippen molar-refractivity contribution in [3.05, 3.63) is 62.5 Å². The Morgan fingerprint density at radius 2 is 2.24 bits per heavy atom. The van der Waals surface area contributed by atoms with E-state index in [1.54, 1.807) is 6.07 Å². The SMILES string of the molecule is Cc1ccc(F)cc1Cn1cncc(Br)c1=O. The van der Waals surface area contributed by atoms with Crippen LogP contribution in [0.3, 0.4) is 0 Å². The Labute approximate surface area is 106 Å². The summed E-state index contributed by atoms with van der Waals surface area (Å²) in [6, 6.07) is 4.53. The first kappa shape index (κ1) is 12.0. The van der Waals surface area contributed by atoms with Crippen molar-refractivity contribution in [2.45, 2.75) is 13.5 Å². The molecule has 3 nitrogen and oxygen atoms in total. The maximum Gasteiger partial charge on any atom is 0.267 e. The van der Waals surface area contributed by atoms with Crippen LogP contribution < -0.4 is 5.56 Å². The standard InChI is InChI=1S/C12H10BrFN2O/c1-8-2-3-10(14)4-9(8)6-16-7-15-5-11(13)12(16)17/h2-5,7H,6H2,1H3. The molecular weight excluding hydrogens is 287 g/mol. The van der Waals surface area contributed by atoms with E-state index in [4.69, 9.17) is 0 Å². The summed E-state index contributed by atoms with van der Waals surface area (Å²) in [6.45, 7) is 2.19. The first-order valence-electron chi connectivity index (χ1n) is 5.03. The van der Waals surface area contributed by atoms with Gasteiger partial charge in [-0.3, -0.25) is 9.36 Å². The second-order valence-corrected chi connectivity index (χ2v) is 4.60. The molecule has 0 aliphatic rings. The fourth-order valence-electron chi connectivity index (χ4n) is 1.53. The number of halogens is 2. The monoisotopic (exact) mass is 296 g/mol. The summed E-state index contributed by atoms with van der Waals surface area (Å²) < 4.78 is 15.0. The van der Waals surface area contributed by atoms with Gasteiger partial charge in [-0.05, 0) is 46.1 Å². The summed E-state index contributed by atoms with van der Waals surface area (Å²) in [4.78, 5) is 15.7. The minimum absolute atomic E-state index is 0.177. The molecule has 88 valence electrons. The molecule has 0 saturated carbocycles. The normalized spacial score (nSPS) is 10.5. The van der Waals surface area contributed by atoms with Gasteiger partial charge in [-0.25, -0.2) is 9.37 Å². The van der Waals surface area contributed by atoms with E-state index in [2.05, 4.69) is 20.9 Å². The highest BCUT2D eigenvalue weighted by Crippen LogP contribution is 2.11. The van der Waals surface area contributed by atoms with Gasteiger partial charge in [0.25, 0.3) is 5.56 Å². The highest BCUT2D eigenvalue weighted by Gasteiger charge is 2.05. The Balaban J connectivity index is 2.41. The Kier molecular flexibility index (Phi) is 3.38. The largest absolute Gasteiger partial charge is 0.294 e. The third kappa shape index (κ3) is 2.61. The molecule has 0 spiro atoms. The van der Waals surface area contributed by atoms with Gasteiger partial charge in [0.1, 0.15) is 10.3 Å². The third-order valence-corrected chi connectivity index (χ3v) is 3.05. The van der Waals surface area contributed by atoms with E-state index in [0.717, 1.165) is 11.1 Å². The van der Waals surface area contributed by atoms with E-state index in [9.17, 15) is 9.18 Å². The maximum atomic E-state index is 13.1. The molecule has 5 heteroatoms. The average molecular weight is 297 g/mol. The Hall–Kier alpha value is -1.49. The summed E-state index contributed by atoms with van der Waals surface area (Å²) >= 11 is 3.12. The molecule has 0 radical (unpaired) electrons. The molecule has 1 aromatic carbocycles. The number of benzene rings is 1. The fourth-order valence-corrected chi connectivity index (χ4v) is 1.88. The molecule has 0 atom stereocenters. The predicted molar refractivity (Wildman–Crippen MR) is 66.4 cm³/mol. The van der Waals surface area contributed by atoms with Gasteiger partial charge in [0.05, 0.1) is 12.9 Å². The summed E-state index contributed by atoms with van der Waals surface area (Å²) in [7, 11) is 0. The molecule has 0 unspecified atom stereocenters. The van der Waals surface area contributed by atoms with Crippen molar-refractivity contribution < 1.29 is 4.39 Å². The van der Waals surface area contributed by atoms with Crippen molar-refractivity contribution in [2.24, 2.45) is 0 Å². The van der Waals surface area contributed by atoms with Crippen molar-refractivity contribution in [3.8, 4) is 0 Å². The molecule has 0 bridgehead atoms. The second-order valence-electron chi connectivity index (χ2n) is 3.75. The fraction of sp³-hybridized carbons (Fsp3) is 0.167. The smallest absolute Gasteiger partial charge is 0.267 e. The van der Waals surface area contributed by atoms with Crippen LogP contribution in [-0.4, -0.2) is 9.55 Å². The van der Waals surface area contributed by atoms with Crippen LogP contribution in [0.15, 0.2) is 40.0 Å². The van der Waals surface area contributed by atoms with Gasteiger partial charge >= 0.3 is 0 Å². The van der Waals surface area contributed by atoms with E-state index in [1.165, 1.54) is 29.2 Å². The topological polar surface area (TPSA) is 34.9 Å². The number of aromatic nitrogens is 2. The molecule has 17 heavy (non-hydrogen) atoms. The van der Waals surface area contributed by atoms with Gasteiger partial charge in [-0.2, -0.15) is 0 Å². The van der Waals surface area contributed by atoms with Gasteiger partial charge < -0.3 is 0 Å². The first-order valence-corrected chi connectivity index (χ1v) is 5.82. The highest BCUT2D eigenvalue weighted by molar-refractivity contribution is 9.10. The molecule has 0 N–H and O–H groups in total. The Morgan fingerprint density at radius 1 is 1.47 bits per heavy atom. The van der Waals surface area contributed by atoms with Crippen LogP contribution in [-0.2, 0) is 6.54 Å². The molecule has 0 fully saturated rings. The van der Waals surface area contributed by atoms with Gasteiger partial charge in [0.2, 0.25) is 0 Å². The molecule has 1 heterocycles. The summed E-state index contributed by atoms with van der Waals surface area (Å²) in [5.41, 5.74) is 1.54. The number of nitrogens with zero attached hydrogens (tertiary/aromatic N) is 2. The van der Waals surface area contributed by atoms with Crippen LogP contribution in [0.1, 0.15) is 11.1 Å². The Bertz CT molecular complexity index is 610. The van der Waals surface area contributed by atoms with Crippen LogP contribution in [0.2, 0.25) is 0 Å². The van der Waals surface area contributed by atoms with Crippen molar-refractivity contribution >= 4 is 15.9 Å². The minimum Gasteiger partial charge on any atom is -0.294 e. The second kappa shape index (κ2) is 4.79. The molecule has 0 aliphatic heterocycles.